The first-order valence-corrected chi connectivity index (χ1v) is 5.85. The van der Waals surface area contributed by atoms with Crippen molar-refractivity contribution in [3.8, 4) is 0 Å². The lowest BCUT2D eigenvalue weighted by molar-refractivity contribution is 0.0952. The molecule has 0 spiro atoms. The number of aryl methyl sites for hydroxylation is 1. The third kappa shape index (κ3) is 2.33. The van der Waals surface area contributed by atoms with Crippen LogP contribution in [-0.2, 0) is 4.74 Å². The van der Waals surface area contributed by atoms with Crippen LogP contribution in [0.3, 0.4) is 0 Å². The molecule has 2 nitrogen and oxygen atoms in total. The molecular weight excluding hydrogens is 200 g/mol. The minimum atomic E-state index is 0.261. The average molecular weight is 218 g/mol. The standard InChI is InChI=1S/C14H18O2/c1-10-4-3-5-13(11(10)2)14(15)8-12-6-7-16-9-12/h3-5,12H,6-9H2,1-2H3. The summed E-state index contributed by atoms with van der Waals surface area (Å²) >= 11 is 0. The molecule has 1 aliphatic heterocycles. The average Bonchev–Trinajstić information content (AvgIpc) is 2.74. The van der Waals surface area contributed by atoms with Gasteiger partial charge in [0.15, 0.2) is 5.78 Å². The first-order chi connectivity index (χ1) is 7.68. The summed E-state index contributed by atoms with van der Waals surface area (Å²) in [7, 11) is 0. The van der Waals surface area contributed by atoms with E-state index in [0.717, 1.165) is 30.8 Å². The molecule has 1 saturated heterocycles. The summed E-state index contributed by atoms with van der Waals surface area (Å²) in [5, 5.41) is 0. The van der Waals surface area contributed by atoms with Crippen molar-refractivity contribution in [2.75, 3.05) is 13.2 Å². The van der Waals surface area contributed by atoms with Crippen LogP contribution in [0, 0.1) is 19.8 Å². The fourth-order valence-electron chi connectivity index (χ4n) is 2.17. The fourth-order valence-corrected chi connectivity index (χ4v) is 2.17. The van der Waals surface area contributed by atoms with Crippen LogP contribution < -0.4 is 0 Å². The summed E-state index contributed by atoms with van der Waals surface area (Å²) in [6.45, 7) is 5.62. The number of rotatable bonds is 3. The van der Waals surface area contributed by atoms with E-state index >= 15 is 0 Å². The van der Waals surface area contributed by atoms with Gasteiger partial charge in [-0.15, -0.1) is 0 Å². The number of Topliss-reactive ketones (excluding diaryl/α,β-unsaturated/α-hetero) is 1. The van der Waals surface area contributed by atoms with Gasteiger partial charge in [0, 0.05) is 25.2 Å². The maximum Gasteiger partial charge on any atom is 0.163 e. The highest BCUT2D eigenvalue weighted by molar-refractivity contribution is 5.97. The van der Waals surface area contributed by atoms with Crippen LogP contribution in [0.5, 0.6) is 0 Å². The van der Waals surface area contributed by atoms with E-state index in [4.69, 9.17) is 4.74 Å². The Bertz CT molecular complexity index is 390. The Morgan fingerprint density at radius 1 is 1.44 bits per heavy atom. The SMILES string of the molecule is Cc1cccc(C(=O)CC2CCOC2)c1C. The summed E-state index contributed by atoms with van der Waals surface area (Å²) in [6.07, 6.45) is 1.65. The van der Waals surface area contributed by atoms with Crippen LogP contribution in [-0.4, -0.2) is 19.0 Å². The molecule has 2 heteroatoms. The molecule has 86 valence electrons. The molecule has 0 radical (unpaired) electrons. The van der Waals surface area contributed by atoms with Crippen molar-refractivity contribution in [1.82, 2.24) is 0 Å². The maximum atomic E-state index is 12.1. The Morgan fingerprint density at radius 3 is 2.94 bits per heavy atom. The minimum absolute atomic E-state index is 0.261. The molecule has 1 unspecified atom stereocenters. The van der Waals surface area contributed by atoms with Crippen LogP contribution in [0.1, 0.15) is 34.3 Å². The van der Waals surface area contributed by atoms with Crippen molar-refractivity contribution in [3.05, 3.63) is 34.9 Å². The second kappa shape index (κ2) is 4.79. The second-order valence-corrected chi connectivity index (χ2v) is 4.60. The highest BCUT2D eigenvalue weighted by atomic mass is 16.5. The lowest BCUT2D eigenvalue weighted by Crippen LogP contribution is -2.10. The molecule has 2 rings (SSSR count). The van der Waals surface area contributed by atoms with E-state index in [9.17, 15) is 4.79 Å². The van der Waals surface area contributed by atoms with Crippen LogP contribution in [0.2, 0.25) is 0 Å². The number of carbonyl (C=O) groups is 1. The molecule has 0 N–H and O–H groups in total. The molecule has 1 atom stereocenters. The van der Waals surface area contributed by atoms with Gasteiger partial charge in [-0.05, 0) is 37.3 Å². The molecule has 0 aliphatic carbocycles. The molecule has 1 aliphatic rings. The van der Waals surface area contributed by atoms with E-state index in [1.54, 1.807) is 0 Å². The van der Waals surface area contributed by atoms with E-state index in [2.05, 4.69) is 0 Å². The lowest BCUT2D eigenvalue weighted by atomic mass is 9.93. The van der Waals surface area contributed by atoms with Gasteiger partial charge < -0.3 is 4.74 Å². The van der Waals surface area contributed by atoms with Crippen molar-refractivity contribution in [2.45, 2.75) is 26.7 Å². The Balaban J connectivity index is 2.11. The molecule has 1 aromatic rings. The van der Waals surface area contributed by atoms with Gasteiger partial charge >= 0.3 is 0 Å². The van der Waals surface area contributed by atoms with Crippen molar-refractivity contribution in [3.63, 3.8) is 0 Å². The molecule has 1 fully saturated rings. The minimum Gasteiger partial charge on any atom is -0.381 e. The largest absolute Gasteiger partial charge is 0.381 e. The molecular formula is C14H18O2. The summed E-state index contributed by atoms with van der Waals surface area (Å²) in [4.78, 5) is 12.1. The van der Waals surface area contributed by atoms with Crippen molar-refractivity contribution < 1.29 is 9.53 Å². The molecule has 1 heterocycles. The maximum absolute atomic E-state index is 12.1. The van der Waals surface area contributed by atoms with Crippen LogP contribution in [0.15, 0.2) is 18.2 Å². The van der Waals surface area contributed by atoms with E-state index in [-0.39, 0.29) is 5.78 Å². The molecule has 0 saturated carbocycles. The number of carbonyl (C=O) groups excluding carboxylic acids is 1. The van der Waals surface area contributed by atoms with E-state index < -0.39 is 0 Å². The zero-order valence-electron chi connectivity index (χ0n) is 9.95. The fraction of sp³-hybridized carbons (Fsp3) is 0.500. The van der Waals surface area contributed by atoms with Gasteiger partial charge in [-0.1, -0.05) is 18.2 Å². The topological polar surface area (TPSA) is 26.3 Å². The van der Waals surface area contributed by atoms with Gasteiger partial charge in [-0.3, -0.25) is 4.79 Å². The number of hydrogen-bond donors (Lipinski definition) is 0. The smallest absolute Gasteiger partial charge is 0.163 e. The van der Waals surface area contributed by atoms with E-state index in [1.165, 1.54) is 5.56 Å². The van der Waals surface area contributed by atoms with Crippen molar-refractivity contribution >= 4 is 5.78 Å². The second-order valence-electron chi connectivity index (χ2n) is 4.60. The third-order valence-electron chi connectivity index (χ3n) is 3.40. The summed E-state index contributed by atoms with van der Waals surface area (Å²) in [5.74, 6) is 0.684. The van der Waals surface area contributed by atoms with Crippen LogP contribution in [0.4, 0.5) is 0 Å². The van der Waals surface area contributed by atoms with Crippen molar-refractivity contribution in [2.24, 2.45) is 5.92 Å². The van der Waals surface area contributed by atoms with Gasteiger partial charge in [-0.25, -0.2) is 0 Å². The Kier molecular flexibility index (Phi) is 3.39. The van der Waals surface area contributed by atoms with Crippen LogP contribution >= 0.6 is 0 Å². The Hall–Kier alpha value is -1.15. The van der Waals surface area contributed by atoms with E-state index in [1.807, 2.05) is 32.0 Å². The zero-order valence-corrected chi connectivity index (χ0v) is 9.95. The first kappa shape index (κ1) is 11.3. The Labute approximate surface area is 96.6 Å². The van der Waals surface area contributed by atoms with Gasteiger partial charge in [0.2, 0.25) is 0 Å². The number of ketones is 1. The quantitative estimate of drug-likeness (QED) is 0.729. The highest BCUT2D eigenvalue weighted by Gasteiger charge is 2.20. The van der Waals surface area contributed by atoms with Crippen LogP contribution in [0.25, 0.3) is 0 Å². The Morgan fingerprint density at radius 2 is 2.25 bits per heavy atom. The highest BCUT2D eigenvalue weighted by Crippen LogP contribution is 2.21. The van der Waals surface area contributed by atoms with Gasteiger partial charge in [0.1, 0.15) is 0 Å². The number of ether oxygens (including phenoxy) is 1. The van der Waals surface area contributed by atoms with E-state index in [0.29, 0.717) is 12.3 Å². The molecule has 16 heavy (non-hydrogen) atoms. The van der Waals surface area contributed by atoms with Gasteiger partial charge in [0.05, 0.1) is 0 Å². The summed E-state index contributed by atoms with van der Waals surface area (Å²) in [5.41, 5.74) is 3.19. The monoisotopic (exact) mass is 218 g/mol. The predicted octanol–water partition coefficient (Wildman–Crippen LogP) is 2.91. The molecule has 0 aromatic heterocycles. The number of hydrogen-bond acceptors (Lipinski definition) is 2. The number of benzene rings is 1. The zero-order chi connectivity index (χ0) is 11.5. The van der Waals surface area contributed by atoms with Crippen molar-refractivity contribution in [1.29, 1.82) is 0 Å². The molecule has 0 bridgehead atoms. The van der Waals surface area contributed by atoms with Gasteiger partial charge in [-0.2, -0.15) is 0 Å². The predicted molar refractivity (Wildman–Crippen MR) is 63.8 cm³/mol. The normalized spacial score (nSPS) is 20.0. The third-order valence-corrected chi connectivity index (χ3v) is 3.40. The molecule has 0 amide bonds. The molecule has 1 aromatic carbocycles. The van der Waals surface area contributed by atoms with Gasteiger partial charge in [0.25, 0.3) is 0 Å². The summed E-state index contributed by atoms with van der Waals surface area (Å²) in [6, 6.07) is 5.94. The first-order valence-electron chi connectivity index (χ1n) is 5.85. The lowest BCUT2D eigenvalue weighted by Gasteiger charge is -2.10. The summed E-state index contributed by atoms with van der Waals surface area (Å²) < 4.78 is 5.30.